The molecule has 1 aliphatic rings. The predicted octanol–water partition coefficient (Wildman–Crippen LogP) is 0.713. The number of amides is 1. The van der Waals surface area contributed by atoms with E-state index < -0.39 is 0 Å². The highest BCUT2D eigenvalue weighted by molar-refractivity contribution is 5.77. The number of hydrogen-bond acceptors (Lipinski definition) is 5. The number of rotatable bonds is 4. The lowest BCUT2D eigenvalue weighted by Crippen LogP contribution is -2.39. The average molecular weight is 263 g/mol. The molecule has 6 nitrogen and oxygen atoms in total. The van der Waals surface area contributed by atoms with Gasteiger partial charge in [-0.3, -0.25) is 4.79 Å². The van der Waals surface area contributed by atoms with Gasteiger partial charge in [0, 0.05) is 24.6 Å². The fraction of sp³-hybridized carbons (Fsp3) is 0.615. The monoisotopic (exact) mass is 263 g/mol. The van der Waals surface area contributed by atoms with Crippen LogP contribution in [0.25, 0.3) is 0 Å². The maximum atomic E-state index is 11.2. The highest BCUT2D eigenvalue weighted by Crippen LogP contribution is 2.27. The molecule has 1 saturated heterocycles. The van der Waals surface area contributed by atoms with Gasteiger partial charge in [0.1, 0.15) is 18.0 Å². The van der Waals surface area contributed by atoms with Gasteiger partial charge in [-0.15, -0.1) is 0 Å². The Morgan fingerprint density at radius 2 is 2.11 bits per heavy atom. The van der Waals surface area contributed by atoms with Crippen LogP contribution in [0.5, 0.6) is 0 Å². The largest absolute Gasteiger partial charge is 0.383 e. The van der Waals surface area contributed by atoms with Gasteiger partial charge in [-0.05, 0) is 19.3 Å². The van der Waals surface area contributed by atoms with Crippen LogP contribution in [-0.4, -0.2) is 29.0 Å². The third-order valence-electron chi connectivity index (χ3n) is 3.65. The van der Waals surface area contributed by atoms with E-state index in [0.717, 1.165) is 50.2 Å². The molecule has 19 heavy (non-hydrogen) atoms. The number of carbonyl (C=O) groups is 1. The maximum Gasteiger partial charge on any atom is 0.220 e. The summed E-state index contributed by atoms with van der Waals surface area (Å²) in [5.41, 5.74) is 12.3. The van der Waals surface area contributed by atoms with E-state index in [1.165, 1.54) is 6.33 Å². The zero-order valence-electron chi connectivity index (χ0n) is 11.3. The molecule has 0 aromatic carbocycles. The molecule has 0 unspecified atom stereocenters. The molecule has 2 rings (SSSR count). The van der Waals surface area contributed by atoms with Crippen LogP contribution in [0.2, 0.25) is 0 Å². The fourth-order valence-electron chi connectivity index (χ4n) is 2.55. The maximum absolute atomic E-state index is 11.2. The van der Waals surface area contributed by atoms with E-state index in [9.17, 15) is 4.79 Å². The Balaban J connectivity index is 2.15. The van der Waals surface area contributed by atoms with Gasteiger partial charge in [-0.1, -0.05) is 13.3 Å². The number of piperidine rings is 1. The van der Waals surface area contributed by atoms with Crippen LogP contribution >= 0.6 is 0 Å². The Bertz CT molecular complexity index is 454. The van der Waals surface area contributed by atoms with Crippen LogP contribution in [0.4, 0.5) is 11.6 Å². The molecule has 0 aliphatic carbocycles. The van der Waals surface area contributed by atoms with Gasteiger partial charge in [-0.25, -0.2) is 9.97 Å². The molecule has 0 bridgehead atoms. The van der Waals surface area contributed by atoms with Gasteiger partial charge in [0.15, 0.2) is 0 Å². The molecule has 4 N–H and O–H groups in total. The molecule has 6 heteroatoms. The normalized spacial score (nSPS) is 16.6. The van der Waals surface area contributed by atoms with Crippen LogP contribution in [0.1, 0.15) is 31.7 Å². The molecule has 1 aromatic heterocycles. The Labute approximate surface area is 113 Å². The van der Waals surface area contributed by atoms with E-state index >= 15 is 0 Å². The topological polar surface area (TPSA) is 98.1 Å². The van der Waals surface area contributed by atoms with Gasteiger partial charge in [0.25, 0.3) is 0 Å². The van der Waals surface area contributed by atoms with Crippen molar-refractivity contribution in [1.82, 2.24) is 9.97 Å². The van der Waals surface area contributed by atoms with Gasteiger partial charge in [-0.2, -0.15) is 0 Å². The second-order valence-electron chi connectivity index (χ2n) is 4.97. The molecule has 0 radical (unpaired) electrons. The number of carbonyl (C=O) groups excluding carboxylic acids is 1. The quantitative estimate of drug-likeness (QED) is 0.833. The van der Waals surface area contributed by atoms with Crippen LogP contribution in [0, 0.1) is 5.92 Å². The summed E-state index contributed by atoms with van der Waals surface area (Å²) in [5, 5.41) is 0. The van der Waals surface area contributed by atoms with Crippen LogP contribution < -0.4 is 16.4 Å². The number of anilines is 2. The standard InChI is InChI=1S/C13H21N5O/c1-2-3-10-11(14)16-8-17-13(10)18-6-4-9(5-7-18)12(15)19/h8-9H,2-7H2,1H3,(H2,15,19)(H2,14,16,17). The molecule has 0 spiro atoms. The Morgan fingerprint density at radius 1 is 1.42 bits per heavy atom. The summed E-state index contributed by atoms with van der Waals surface area (Å²) in [6.07, 6.45) is 4.94. The second kappa shape index (κ2) is 5.86. The number of primary amides is 1. The van der Waals surface area contributed by atoms with Crippen LogP contribution in [0.15, 0.2) is 6.33 Å². The van der Waals surface area contributed by atoms with Gasteiger partial charge < -0.3 is 16.4 Å². The molecule has 1 aromatic rings. The lowest BCUT2D eigenvalue weighted by Gasteiger charge is -2.32. The molecular formula is C13H21N5O. The highest BCUT2D eigenvalue weighted by Gasteiger charge is 2.25. The number of nitrogens with two attached hydrogens (primary N) is 2. The van der Waals surface area contributed by atoms with E-state index in [2.05, 4.69) is 21.8 Å². The van der Waals surface area contributed by atoms with E-state index in [0.29, 0.717) is 5.82 Å². The average Bonchev–Trinajstić information content (AvgIpc) is 2.41. The van der Waals surface area contributed by atoms with Crippen molar-refractivity contribution in [3.8, 4) is 0 Å². The minimum Gasteiger partial charge on any atom is -0.383 e. The Hall–Kier alpha value is -1.85. The molecule has 1 aliphatic heterocycles. The number of aromatic nitrogens is 2. The SMILES string of the molecule is CCCc1c(N)ncnc1N1CCC(C(N)=O)CC1. The first-order valence-corrected chi connectivity index (χ1v) is 6.77. The molecule has 1 amide bonds. The lowest BCUT2D eigenvalue weighted by atomic mass is 9.96. The van der Waals surface area contributed by atoms with Gasteiger partial charge in [0.2, 0.25) is 5.91 Å². The predicted molar refractivity (Wildman–Crippen MR) is 74.6 cm³/mol. The van der Waals surface area contributed by atoms with Gasteiger partial charge >= 0.3 is 0 Å². The van der Waals surface area contributed by atoms with Crippen molar-refractivity contribution >= 4 is 17.5 Å². The number of nitrogen functional groups attached to an aromatic ring is 1. The van der Waals surface area contributed by atoms with E-state index in [4.69, 9.17) is 11.5 Å². The summed E-state index contributed by atoms with van der Waals surface area (Å²) in [6, 6.07) is 0. The Kier molecular flexibility index (Phi) is 4.19. The summed E-state index contributed by atoms with van der Waals surface area (Å²) in [4.78, 5) is 21.8. The van der Waals surface area contributed by atoms with Crippen molar-refractivity contribution in [2.75, 3.05) is 23.7 Å². The molecule has 1 fully saturated rings. The molecular weight excluding hydrogens is 242 g/mol. The minimum atomic E-state index is -0.198. The molecule has 2 heterocycles. The van der Waals surface area contributed by atoms with E-state index in [1.54, 1.807) is 0 Å². The molecule has 0 atom stereocenters. The van der Waals surface area contributed by atoms with E-state index in [-0.39, 0.29) is 11.8 Å². The van der Waals surface area contributed by atoms with E-state index in [1.807, 2.05) is 0 Å². The van der Waals surface area contributed by atoms with Crippen molar-refractivity contribution in [2.45, 2.75) is 32.6 Å². The highest BCUT2D eigenvalue weighted by atomic mass is 16.1. The van der Waals surface area contributed by atoms with Crippen molar-refractivity contribution in [1.29, 1.82) is 0 Å². The molecule has 104 valence electrons. The van der Waals surface area contributed by atoms with Crippen molar-refractivity contribution < 1.29 is 4.79 Å². The van der Waals surface area contributed by atoms with Gasteiger partial charge in [0.05, 0.1) is 0 Å². The van der Waals surface area contributed by atoms with Crippen molar-refractivity contribution in [2.24, 2.45) is 11.7 Å². The van der Waals surface area contributed by atoms with Crippen LogP contribution in [0.3, 0.4) is 0 Å². The number of hydrogen-bond donors (Lipinski definition) is 2. The smallest absolute Gasteiger partial charge is 0.220 e. The first-order valence-electron chi connectivity index (χ1n) is 6.77. The summed E-state index contributed by atoms with van der Waals surface area (Å²) in [7, 11) is 0. The first-order chi connectivity index (χ1) is 9.13. The summed E-state index contributed by atoms with van der Waals surface area (Å²) in [6.45, 7) is 3.69. The van der Waals surface area contributed by atoms with Crippen LogP contribution in [-0.2, 0) is 11.2 Å². The second-order valence-corrected chi connectivity index (χ2v) is 4.97. The molecule has 0 saturated carbocycles. The lowest BCUT2D eigenvalue weighted by molar-refractivity contribution is -0.122. The summed E-state index contributed by atoms with van der Waals surface area (Å²) < 4.78 is 0. The third-order valence-corrected chi connectivity index (χ3v) is 3.65. The number of nitrogens with zero attached hydrogens (tertiary/aromatic N) is 3. The fourth-order valence-corrected chi connectivity index (χ4v) is 2.55. The third kappa shape index (κ3) is 2.94. The van der Waals surface area contributed by atoms with Crippen molar-refractivity contribution in [3.05, 3.63) is 11.9 Å². The zero-order valence-corrected chi connectivity index (χ0v) is 11.3. The van der Waals surface area contributed by atoms with Crippen molar-refractivity contribution in [3.63, 3.8) is 0 Å². The first kappa shape index (κ1) is 13.6. The minimum absolute atomic E-state index is 0.00920. The zero-order chi connectivity index (χ0) is 13.8. The summed E-state index contributed by atoms with van der Waals surface area (Å²) in [5.74, 6) is 1.27. The Morgan fingerprint density at radius 3 is 2.68 bits per heavy atom. The summed E-state index contributed by atoms with van der Waals surface area (Å²) >= 11 is 0.